The second-order valence-electron chi connectivity index (χ2n) is 7.36. The van der Waals surface area contributed by atoms with Gasteiger partial charge in [0.2, 0.25) is 15.9 Å². The highest BCUT2D eigenvalue weighted by molar-refractivity contribution is 7.89. The Morgan fingerprint density at radius 2 is 1.85 bits per heavy atom. The number of hydrogen-bond donors (Lipinski definition) is 1. The van der Waals surface area contributed by atoms with Gasteiger partial charge in [-0.2, -0.15) is 4.31 Å². The van der Waals surface area contributed by atoms with Crippen LogP contribution in [-0.4, -0.2) is 62.8 Å². The zero-order valence-electron chi connectivity index (χ0n) is 15.3. The number of carbonyl (C=O) groups is 1. The molecule has 1 aromatic carbocycles. The van der Waals surface area contributed by atoms with E-state index in [1.54, 1.807) is 6.07 Å². The van der Waals surface area contributed by atoms with Crippen molar-refractivity contribution in [1.29, 1.82) is 0 Å². The summed E-state index contributed by atoms with van der Waals surface area (Å²) in [5, 5.41) is 3.56. The SMILES string of the molecule is CN1CCC(NC(=O)[C@@H]2CCCN(S(=O)(=O)c3cc(Cl)ccc3Cl)C2)CC1. The number of halogens is 2. The lowest BCUT2D eigenvalue weighted by Gasteiger charge is -2.34. The maximum Gasteiger partial charge on any atom is 0.244 e. The van der Waals surface area contributed by atoms with Crippen LogP contribution in [-0.2, 0) is 14.8 Å². The van der Waals surface area contributed by atoms with Crippen LogP contribution in [0.25, 0.3) is 0 Å². The van der Waals surface area contributed by atoms with Crippen LogP contribution in [0.4, 0.5) is 0 Å². The van der Waals surface area contributed by atoms with E-state index in [1.165, 1.54) is 16.4 Å². The van der Waals surface area contributed by atoms with Gasteiger partial charge in [-0.25, -0.2) is 8.42 Å². The molecule has 6 nitrogen and oxygen atoms in total. The van der Waals surface area contributed by atoms with Gasteiger partial charge in [-0.05, 0) is 64.0 Å². The molecule has 150 valence electrons. The van der Waals surface area contributed by atoms with Gasteiger partial charge in [-0.3, -0.25) is 4.79 Å². The Bertz CT molecular complexity index is 795. The third-order valence-corrected chi connectivity index (χ3v) is 7.91. The fourth-order valence-electron chi connectivity index (χ4n) is 3.66. The lowest BCUT2D eigenvalue weighted by Crippen LogP contribution is -2.49. The van der Waals surface area contributed by atoms with Crippen molar-refractivity contribution in [2.45, 2.75) is 36.6 Å². The fourth-order valence-corrected chi connectivity index (χ4v) is 5.92. The molecule has 0 saturated carbocycles. The molecule has 2 fully saturated rings. The molecule has 2 heterocycles. The fraction of sp³-hybridized carbons (Fsp3) is 0.611. The van der Waals surface area contributed by atoms with Crippen molar-refractivity contribution in [1.82, 2.24) is 14.5 Å². The first-order valence-corrected chi connectivity index (χ1v) is 11.4. The molecular weight excluding hydrogens is 409 g/mol. The first-order chi connectivity index (χ1) is 12.8. The van der Waals surface area contributed by atoms with Gasteiger partial charge in [0.15, 0.2) is 0 Å². The molecule has 27 heavy (non-hydrogen) atoms. The molecule has 3 rings (SSSR count). The lowest BCUT2D eigenvalue weighted by atomic mass is 9.97. The van der Waals surface area contributed by atoms with Crippen molar-refractivity contribution < 1.29 is 13.2 Å². The predicted molar refractivity (Wildman–Crippen MR) is 107 cm³/mol. The van der Waals surface area contributed by atoms with E-state index in [-0.39, 0.29) is 34.3 Å². The second-order valence-corrected chi connectivity index (χ2v) is 10.1. The third kappa shape index (κ3) is 4.95. The molecule has 1 N–H and O–H groups in total. The lowest BCUT2D eigenvalue weighted by molar-refractivity contribution is -0.127. The number of hydrogen-bond acceptors (Lipinski definition) is 4. The highest BCUT2D eigenvalue weighted by Gasteiger charge is 2.35. The summed E-state index contributed by atoms with van der Waals surface area (Å²) < 4.78 is 27.4. The summed E-state index contributed by atoms with van der Waals surface area (Å²) in [5.74, 6) is -0.396. The van der Waals surface area contributed by atoms with Crippen molar-refractivity contribution in [3.63, 3.8) is 0 Å². The van der Waals surface area contributed by atoms with Gasteiger partial charge in [-0.15, -0.1) is 0 Å². The van der Waals surface area contributed by atoms with E-state index in [1.807, 2.05) is 0 Å². The number of piperidine rings is 2. The highest BCUT2D eigenvalue weighted by Crippen LogP contribution is 2.30. The third-order valence-electron chi connectivity index (χ3n) is 5.33. The van der Waals surface area contributed by atoms with Gasteiger partial charge in [0.05, 0.1) is 10.9 Å². The van der Waals surface area contributed by atoms with Crippen molar-refractivity contribution >= 4 is 39.1 Å². The van der Waals surface area contributed by atoms with Crippen molar-refractivity contribution in [3.05, 3.63) is 28.2 Å². The van der Waals surface area contributed by atoms with Gasteiger partial charge < -0.3 is 10.2 Å². The van der Waals surface area contributed by atoms with Gasteiger partial charge in [0.25, 0.3) is 0 Å². The number of nitrogens with one attached hydrogen (secondary N) is 1. The summed E-state index contributed by atoms with van der Waals surface area (Å²) in [5.41, 5.74) is 0. The van der Waals surface area contributed by atoms with Crippen molar-refractivity contribution in [2.75, 3.05) is 33.2 Å². The monoisotopic (exact) mass is 433 g/mol. The first-order valence-electron chi connectivity index (χ1n) is 9.21. The summed E-state index contributed by atoms with van der Waals surface area (Å²) in [6.07, 6.45) is 3.18. The zero-order valence-corrected chi connectivity index (χ0v) is 17.7. The Morgan fingerprint density at radius 3 is 2.56 bits per heavy atom. The summed E-state index contributed by atoms with van der Waals surface area (Å²) in [4.78, 5) is 14.9. The zero-order chi connectivity index (χ0) is 19.6. The summed E-state index contributed by atoms with van der Waals surface area (Å²) in [6, 6.07) is 4.56. The van der Waals surface area contributed by atoms with Crippen LogP contribution in [0.5, 0.6) is 0 Å². The van der Waals surface area contributed by atoms with E-state index in [0.29, 0.717) is 24.4 Å². The number of amides is 1. The number of nitrogens with zero attached hydrogens (tertiary/aromatic N) is 2. The molecule has 0 spiro atoms. The molecule has 0 radical (unpaired) electrons. The smallest absolute Gasteiger partial charge is 0.244 e. The first kappa shape index (κ1) is 20.9. The summed E-state index contributed by atoms with van der Waals surface area (Å²) >= 11 is 12.0. The Morgan fingerprint density at radius 1 is 1.15 bits per heavy atom. The van der Waals surface area contributed by atoms with Crippen LogP contribution < -0.4 is 5.32 Å². The molecule has 9 heteroatoms. The predicted octanol–water partition coefficient (Wildman–Crippen LogP) is 2.60. The van der Waals surface area contributed by atoms with Crippen LogP contribution in [0.2, 0.25) is 10.0 Å². The average molecular weight is 434 g/mol. The standard InChI is InChI=1S/C18H25Cl2N3O3S/c1-22-9-6-15(7-10-22)21-18(24)13-3-2-8-23(12-13)27(25,26)17-11-14(19)4-5-16(17)20/h4-5,11,13,15H,2-3,6-10,12H2,1H3,(H,21,24)/t13-/m1/s1. The summed E-state index contributed by atoms with van der Waals surface area (Å²) in [6.45, 7) is 2.47. The normalized spacial score (nSPS) is 23.3. The maximum absolute atomic E-state index is 13.0. The highest BCUT2D eigenvalue weighted by atomic mass is 35.5. The second kappa shape index (κ2) is 8.66. The molecule has 0 unspecified atom stereocenters. The molecular formula is C18H25Cl2N3O3S. The Balaban J connectivity index is 1.68. The molecule has 1 atom stereocenters. The summed E-state index contributed by atoms with van der Waals surface area (Å²) in [7, 11) is -1.72. The molecule has 2 aliphatic rings. The Hall–Kier alpha value is -0.860. The maximum atomic E-state index is 13.0. The van der Waals surface area contributed by atoms with Gasteiger partial charge in [0, 0.05) is 24.2 Å². The topological polar surface area (TPSA) is 69.7 Å². The number of likely N-dealkylation sites (tertiary alicyclic amines) is 1. The average Bonchev–Trinajstić information content (AvgIpc) is 2.65. The Kier molecular flexibility index (Phi) is 6.69. The van der Waals surface area contributed by atoms with E-state index >= 15 is 0 Å². The molecule has 2 aliphatic heterocycles. The van der Waals surface area contributed by atoms with Gasteiger partial charge in [0.1, 0.15) is 4.90 Å². The quantitative estimate of drug-likeness (QED) is 0.791. The minimum atomic E-state index is -3.79. The number of carbonyl (C=O) groups excluding carboxylic acids is 1. The number of benzene rings is 1. The molecule has 0 aliphatic carbocycles. The van der Waals surface area contributed by atoms with Crippen molar-refractivity contribution in [3.8, 4) is 0 Å². The van der Waals surface area contributed by atoms with Crippen LogP contribution in [0.3, 0.4) is 0 Å². The van der Waals surface area contributed by atoms with E-state index < -0.39 is 10.0 Å². The molecule has 1 aromatic rings. The van der Waals surface area contributed by atoms with Crippen LogP contribution >= 0.6 is 23.2 Å². The van der Waals surface area contributed by atoms with Crippen LogP contribution in [0.15, 0.2) is 23.1 Å². The molecule has 0 aromatic heterocycles. The molecule has 1 amide bonds. The van der Waals surface area contributed by atoms with Gasteiger partial charge >= 0.3 is 0 Å². The largest absolute Gasteiger partial charge is 0.353 e. The minimum absolute atomic E-state index is 0.00644. The number of rotatable bonds is 4. The van der Waals surface area contributed by atoms with Crippen molar-refractivity contribution in [2.24, 2.45) is 5.92 Å². The van der Waals surface area contributed by atoms with E-state index in [0.717, 1.165) is 25.9 Å². The molecule has 2 saturated heterocycles. The number of sulfonamides is 1. The minimum Gasteiger partial charge on any atom is -0.353 e. The van der Waals surface area contributed by atoms with Crippen LogP contribution in [0.1, 0.15) is 25.7 Å². The Labute approximate surface area is 170 Å². The van der Waals surface area contributed by atoms with E-state index in [9.17, 15) is 13.2 Å². The molecule has 0 bridgehead atoms. The van der Waals surface area contributed by atoms with Gasteiger partial charge in [-0.1, -0.05) is 23.2 Å². The van der Waals surface area contributed by atoms with E-state index in [2.05, 4.69) is 17.3 Å². The van der Waals surface area contributed by atoms with E-state index in [4.69, 9.17) is 23.2 Å². The van der Waals surface area contributed by atoms with Crippen LogP contribution in [0, 0.1) is 5.92 Å².